The van der Waals surface area contributed by atoms with E-state index in [1.54, 1.807) is 0 Å². The van der Waals surface area contributed by atoms with Crippen molar-refractivity contribution in [3.63, 3.8) is 0 Å². The molecule has 1 N–H and O–H groups in total. The van der Waals surface area contributed by atoms with E-state index >= 15 is 0 Å². The molecule has 0 aromatic heterocycles. The molecule has 0 amide bonds. The van der Waals surface area contributed by atoms with E-state index in [2.05, 4.69) is 34.0 Å². The number of hydrogen-bond acceptors (Lipinski definition) is 4. The monoisotopic (exact) mass is 480 g/mol. The molecule has 0 aliphatic carbocycles. The van der Waals surface area contributed by atoms with Crippen LogP contribution < -0.4 is 5.32 Å². The molecule has 2 atom stereocenters. The van der Waals surface area contributed by atoms with Gasteiger partial charge in [0, 0.05) is 46.3 Å². The molecule has 0 aromatic rings. The van der Waals surface area contributed by atoms with Gasteiger partial charge in [0.2, 0.25) is 0 Å². The van der Waals surface area contributed by atoms with Crippen molar-refractivity contribution in [2.45, 2.75) is 40.0 Å². The Labute approximate surface area is 176 Å². The summed E-state index contributed by atoms with van der Waals surface area (Å²) in [4.78, 5) is 21.1. The number of carbonyl (C=O) groups is 1. The fourth-order valence-corrected chi connectivity index (χ4v) is 4.22. The van der Waals surface area contributed by atoms with Crippen LogP contribution in [0.3, 0.4) is 0 Å². The van der Waals surface area contributed by atoms with E-state index in [4.69, 9.17) is 4.74 Å². The summed E-state index contributed by atoms with van der Waals surface area (Å²) in [5.74, 6) is 2.56. The van der Waals surface area contributed by atoms with Crippen molar-refractivity contribution in [3.05, 3.63) is 0 Å². The molecule has 26 heavy (non-hydrogen) atoms. The minimum atomic E-state index is -0.0431. The van der Waals surface area contributed by atoms with E-state index in [1.165, 1.54) is 19.5 Å². The van der Waals surface area contributed by atoms with E-state index in [-0.39, 0.29) is 35.9 Å². The number of halogens is 1. The van der Waals surface area contributed by atoms with Crippen LogP contribution in [0.4, 0.5) is 0 Å². The maximum atomic E-state index is 11.9. The number of nitrogens with one attached hydrogen (secondary N) is 1. The lowest BCUT2D eigenvalue weighted by Gasteiger charge is -2.36. The first kappa shape index (κ1) is 23.5. The molecular formula is C19H37IN4O2. The van der Waals surface area contributed by atoms with Gasteiger partial charge >= 0.3 is 5.97 Å². The second-order valence-corrected chi connectivity index (χ2v) is 7.69. The molecule has 2 rings (SSSR count). The van der Waals surface area contributed by atoms with Crippen molar-refractivity contribution in [2.75, 3.05) is 52.9 Å². The third-order valence-corrected chi connectivity index (χ3v) is 5.28. The van der Waals surface area contributed by atoms with Crippen molar-refractivity contribution in [1.29, 1.82) is 0 Å². The van der Waals surface area contributed by atoms with Gasteiger partial charge in [0.1, 0.15) is 0 Å². The van der Waals surface area contributed by atoms with Crippen molar-refractivity contribution < 1.29 is 9.53 Å². The lowest BCUT2D eigenvalue weighted by Crippen LogP contribution is -2.49. The first-order chi connectivity index (χ1) is 12.0. The Morgan fingerprint density at radius 3 is 2.35 bits per heavy atom. The fraction of sp³-hybridized carbons (Fsp3) is 0.895. The smallest absolute Gasteiger partial charge is 0.309 e. The lowest BCUT2D eigenvalue weighted by atomic mass is 9.92. The van der Waals surface area contributed by atoms with Crippen LogP contribution in [0.1, 0.15) is 40.0 Å². The summed E-state index contributed by atoms with van der Waals surface area (Å²) >= 11 is 0. The highest BCUT2D eigenvalue weighted by molar-refractivity contribution is 14.0. The Morgan fingerprint density at radius 1 is 1.19 bits per heavy atom. The largest absolute Gasteiger partial charge is 0.466 e. The Balaban J connectivity index is 0.00000338. The topological polar surface area (TPSA) is 57.2 Å². The van der Waals surface area contributed by atoms with Crippen LogP contribution in [0.2, 0.25) is 0 Å². The quantitative estimate of drug-likeness (QED) is 0.284. The number of nitrogens with zero attached hydrogens (tertiary/aromatic N) is 3. The molecule has 0 spiro atoms. The highest BCUT2D eigenvalue weighted by Gasteiger charge is 2.27. The van der Waals surface area contributed by atoms with Gasteiger partial charge in [0.25, 0.3) is 0 Å². The van der Waals surface area contributed by atoms with Gasteiger partial charge in [-0.05, 0) is 38.0 Å². The molecule has 2 aliphatic heterocycles. The van der Waals surface area contributed by atoms with Gasteiger partial charge < -0.3 is 19.9 Å². The molecule has 2 saturated heterocycles. The summed E-state index contributed by atoms with van der Waals surface area (Å²) < 4.78 is 5.14. The Bertz CT molecular complexity index is 443. The summed E-state index contributed by atoms with van der Waals surface area (Å²) in [5, 5.41) is 3.50. The first-order valence-electron chi connectivity index (χ1n) is 9.88. The van der Waals surface area contributed by atoms with Gasteiger partial charge in [-0.25, -0.2) is 0 Å². The number of guanidine groups is 1. The standard InChI is InChI=1S/C19H36N4O2.HI/c1-5-25-18(24)17-6-9-23(10-7-17)19(20-4)21-8-11-22-13-15(2)12-16(3)14-22;/h15-17H,5-14H2,1-4H3,(H,20,21);1H. The maximum Gasteiger partial charge on any atom is 0.309 e. The SMILES string of the molecule is CCOC(=O)C1CCN(C(=NC)NCCN2CC(C)CC(C)C2)CC1.I. The Morgan fingerprint density at radius 2 is 1.81 bits per heavy atom. The van der Waals surface area contributed by atoms with Gasteiger partial charge in [0.05, 0.1) is 12.5 Å². The second kappa shape index (κ2) is 12.0. The lowest BCUT2D eigenvalue weighted by molar-refractivity contribution is -0.149. The molecule has 2 unspecified atom stereocenters. The maximum absolute atomic E-state index is 11.9. The molecule has 152 valence electrons. The van der Waals surface area contributed by atoms with Gasteiger partial charge in [-0.2, -0.15) is 0 Å². The molecule has 2 heterocycles. The molecule has 0 radical (unpaired) electrons. The van der Waals surface area contributed by atoms with Gasteiger partial charge in [-0.1, -0.05) is 13.8 Å². The summed E-state index contributed by atoms with van der Waals surface area (Å²) in [6, 6.07) is 0. The van der Waals surface area contributed by atoms with Crippen LogP contribution in [-0.2, 0) is 9.53 Å². The second-order valence-electron chi connectivity index (χ2n) is 7.69. The molecule has 6 nitrogen and oxygen atoms in total. The zero-order valence-corrected chi connectivity index (χ0v) is 19.2. The normalized spacial score (nSPS) is 25.5. The highest BCUT2D eigenvalue weighted by Crippen LogP contribution is 2.20. The summed E-state index contributed by atoms with van der Waals surface area (Å²) in [6.45, 7) is 13.1. The average Bonchev–Trinajstić information content (AvgIpc) is 2.58. The number of hydrogen-bond donors (Lipinski definition) is 1. The zero-order chi connectivity index (χ0) is 18.2. The van der Waals surface area contributed by atoms with E-state index in [1.807, 2.05) is 14.0 Å². The predicted octanol–water partition coefficient (Wildman–Crippen LogP) is 2.43. The van der Waals surface area contributed by atoms with Gasteiger partial charge in [-0.15, -0.1) is 24.0 Å². The van der Waals surface area contributed by atoms with Crippen LogP contribution in [0, 0.1) is 17.8 Å². The molecule has 0 aromatic carbocycles. The zero-order valence-electron chi connectivity index (χ0n) is 16.9. The molecular weight excluding hydrogens is 443 g/mol. The minimum absolute atomic E-state index is 0. The fourth-order valence-electron chi connectivity index (χ4n) is 4.22. The highest BCUT2D eigenvalue weighted by atomic mass is 127. The predicted molar refractivity (Wildman–Crippen MR) is 117 cm³/mol. The third kappa shape index (κ3) is 7.21. The number of carbonyl (C=O) groups excluding carboxylic acids is 1. The van der Waals surface area contributed by atoms with Crippen molar-refractivity contribution >= 4 is 35.9 Å². The number of aliphatic imine (C=N–C) groups is 1. The van der Waals surface area contributed by atoms with Crippen molar-refractivity contribution in [1.82, 2.24) is 15.1 Å². The summed E-state index contributed by atoms with van der Waals surface area (Å²) in [5.41, 5.74) is 0. The van der Waals surface area contributed by atoms with Crippen LogP contribution in [0.5, 0.6) is 0 Å². The summed E-state index contributed by atoms with van der Waals surface area (Å²) in [7, 11) is 1.84. The number of ether oxygens (including phenoxy) is 1. The molecule has 0 saturated carbocycles. The van der Waals surface area contributed by atoms with Crippen LogP contribution in [0.15, 0.2) is 4.99 Å². The number of rotatable bonds is 5. The van der Waals surface area contributed by atoms with E-state index in [9.17, 15) is 4.79 Å². The van der Waals surface area contributed by atoms with E-state index in [0.29, 0.717) is 6.61 Å². The molecule has 7 heteroatoms. The number of esters is 1. The van der Waals surface area contributed by atoms with E-state index in [0.717, 1.165) is 56.8 Å². The number of likely N-dealkylation sites (tertiary alicyclic amines) is 2. The van der Waals surface area contributed by atoms with Crippen molar-refractivity contribution in [3.8, 4) is 0 Å². The van der Waals surface area contributed by atoms with Crippen molar-refractivity contribution in [2.24, 2.45) is 22.7 Å². The van der Waals surface area contributed by atoms with Crippen LogP contribution in [-0.4, -0.2) is 74.7 Å². The van der Waals surface area contributed by atoms with E-state index < -0.39 is 0 Å². The average molecular weight is 480 g/mol. The minimum Gasteiger partial charge on any atom is -0.466 e. The first-order valence-corrected chi connectivity index (χ1v) is 9.88. The van der Waals surface area contributed by atoms with Gasteiger partial charge in [-0.3, -0.25) is 9.79 Å². The Hall–Kier alpha value is -0.570. The Kier molecular flexibility index (Phi) is 10.8. The molecule has 2 fully saturated rings. The molecule has 0 bridgehead atoms. The number of piperidine rings is 2. The molecule has 2 aliphatic rings. The van der Waals surface area contributed by atoms with Gasteiger partial charge in [0.15, 0.2) is 5.96 Å². The third-order valence-electron chi connectivity index (χ3n) is 5.28. The van der Waals surface area contributed by atoms with Crippen LogP contribution in [0.25, 0.3) is 0 Å². The summed E-state index contributed by atoms with van der Waals surface area (Å²) in [6.07, 6.45) is 3.04. The van der Waals surface area contributed by atoms with Crippen LogP contribution >= 0.6 is 24.0 Å².